The van der Waals surface area contributed by atoms with E-state index in [1.54, 1.807) is 18.2 Å². The first-order valence-corrected chi connectivity index (χ1v) is 6.14. The van der Waals surface area contributed by atoms with E-state index in [0.717, 1.165) is 0 Å². The number of nitrogens with one attached hydrogen (secondary N) is 2. The number of aromatic amines is 1. The number of fused-ring (bicyclic) bond motifs is 1. The van der Waals surface area contributed by atoms with Crippen molar-refractivity contribution in [2.75, 3.05) is 5.32 Å². The molecule has 102 valence electrons. The average Bonchev–Trinajstić information content (AvgIpc) is 2.68. The fraction of sp³-hybridized carbons (Fsp3) is 0.385. The molecule has 6 heteroatoms. The lowest BCUT2D eigenvalue weighted by Gasteiger charge is -2.14. The highest BCUT2D eigenvalue weighted by Crippen LogP contribution is 2.16. The maximum Gasteiger partial charge on any atom is 0.417 e. The van der Waals surface area contributed by atoms with Gasteiger partial charge in [-0.15, -0.1) is 0 Å². The average molecular weight is 263 g/mol. The Morgan fingerprint density at radius 3 is 2.89 bits per heavy atom. The van der Waals surface area contributed by atoms with Crippen LogP contribution in [0.4, 0.5) is 5.69 Å². The number of benzene rings is 1. The Morgan fingerprint density at radius 2 is 2.21 bits per heavy atom. The van der Waals surface area contributed by atoms with Crippen LogP contribution < -0.4 is 16.8 Å². The molecule has 1 aromatic heterocycles. The zero-order chi connectivity index (χ0) is 14.0. The molecule has 0 aliphatic rings. The Balaban J connectivity index is 2.08. The predicted molar refractivity (Wildman–Crippen MR) is 72.9 cm³/mol. The summed E-state index contributed by atoms with van der Waals surface area (Å²) in [5, 5.41) is 2.75. The highest BCUT2D eigenvalue weighted by Gasteiger charge is 2.13. The van der Waals surface area contributed by atoms with E-state index >= 15 is 0 Å². The van der Waals surface area contributed by atoms with Gasteiger partial charge in [0.2, 0.25) is 5.91 Å². The van der Waals surface area contributed by atoms with Crippen LogP contribution in [0.1, 0.15) is 20.3 Å². The van der Waals surface area contributed by atoms with Crippen molar-refractivity contribution in [1.29, 1.82) is 0 Å². The van der Waals surface area contributed by atoms with Gasteiger partial charge < -0.3 is 15.5 Å². The molecule has 1 amide bonds. The van der Waals surface area contributed by atoms with Gasteiger partial charge in [0.15, 0.2) is 5.58 Å². The number of rotatable bonds is 4. The van der Waals surface area contributed by atoms with Crippen LogP contribution in [-0.2, 0) is 4.79 Å². The Bertz CT molecular complexity index is 642. The van der Waals surface area contributed by atoms with Crippen molar-refractivity contribution in [3.8, 4) is 0 Å². The number of oxazole rings is 1. The number of hydrogen-bond acceptors (Lipinski definition) is 4. The quantitative estimate of drug-likeness (QED) is 0.776. The van der Waals surface area contributed by atoms with Crippen LogP contribution in [0, 0.1) is 5.92 Å². The molecule has 1 atom stereocenters. The lowest BCUT2D eigenvalue weighted by atomic mass is 10.0. The molecule has 2 aromatic rings. The lowest BCUT2D eigenvalue weighted by molar-refractivity contribution is -0.116. The summed E-state index contributed by atoms with van der Waals surface area (Å²) in [6, 6.07) is 4.79. The minimum atomic E-state index is -0.514. The van der Waals surface area contributed by atoms with Crippen molar-refractivity contribution < 1.29 is 9.21 Å². The summed E-state index contributed by atoms with van der Waals surface area (Å²) >= 11 is 0. The van der Waals surface area contributed by atoms with Crippen molar-refractivity contribution in [1.82, 2.24) is 4.98 Å². The fourth-order valence-corrected chi connectivity index (χ4v) is 1.69. The van der Waals surface area contributed by atoms with Gasteiger partial charge in [0, 0.05) is 18.2 Å². The van der Waals surface area contributed by atoms with E-state index < -0.39 is 5.76 Å². The largest absolute Gasteiger partial charge is 0.417 e. The van der Waals surface area contributed by atoms with E-state index in [1.165, 1.54) is 0 Å². The van der Waals surface area contributed by atoms with Crippen LogP contribution in [0.3, 0.4) is 0 Å². The number of nitrogens with two attached hydrogens (primary N) is 1. The highest BCUT2D eigenvalue weighted by atomic mass is 16.4. The van der Waals surface area contributed by atoms with Crippen LogP contribution in [0.15, 0.2) is 27.4 Å². The second-order valence-electron chi connectivity index (χ2n) is 4.89. The third-order valence-electron chi connectivity index (χ3n) is 2.98. The number of aromatic nitrogens is 1. The lowest BCUT2D eigenvalue weighted by Crippen LogP contribution is -2.31. The number of hydrogen-bond donors (Lipinski definition) is 3. The topological polar surface area (TPSA) is 101 Å². The number of carbonyl (C=O) groups is 1. The van der Waals surface area contributed by atoms with Crippen molar-refractivity contribution in [2.24, 2.45) is 11.7 Å². The molecule has 0 fully saturated rings. The molecule has 0 aliphatic carbocycles. The predicted octanol–water partition coefficient (Wildman–Crippen LogP) is 1.43. The number of amides is 1. The highest BCUT2D eigenvalue weighted by molar-refractivity contribution is 5.93. The first-order valence-electron chi connectivity index (χ1n) is 6.14. The SMILES string of the molecule is CC(C)C(N)CC(=O)Nc1ccc2oc(=O)[nH]c2c1. The first-order chi connectivity index (χ1) is 8.95. The van der Waals surface area contributed by atoms with Gasteiger partial charge in [0.05, 0.1) is 5.52 Å². The molecule has 0 saturated heterocycles. The fourth-order valence-electron chi connectivity index (χ4n) is 1.69. The Labute approximate surface area is 110 Å². The Morgan fingerprint density at radius 1 is 1.47 bits per heavy atom. The summed E-state index contributed by atoms with van der Waals surface area (Å²) in [4.78, 5) is 25.3. The molecule has 19 heavy (non-hydrogen) atoms. The maximum absolute atomic E-state index is 11.8. The summed E-state index contributed by atoms with van der Waals surface area (Å²) in [7, 11) is 0. The molecule has 0 aliphatic heterocycles. The third-order valence-corrected chi connectivity index (χ3v) is 2.98. The van der Waals surface area contributed by atoms with Gasteiger partial charge in [-0.05, 0) is 24.1 Å². The van der Waals surface area contributed by atoms with Gasteiger partial charge in [-0.3, -0.25) is 9.78 Å². The molecule has 1 heterocycles. The molecule has 0 bridgehead atoms. The van der Waals surface area contributed by atoms with Gasteiger partial charge in [0.1, 0.15) is 0 Å². The van der Waals surface area contributed by atoms with E-state index in [0.29, 0.717) is 16.8 Å². The number of anilines is 1. The van der Waals surface area contributed by atoms with Crippen molar-refractivity contribution in [3.63, 3.8) is 0 Å². The van der Waals surface area contributed by atoms with Gasteiger partial charge in [-0.25, -0.2) is 4.79 Å². The van der Waals surface area contributed by atoms with Crippen LogP contribution in [0.25, 0.3) is 11.1 Å². The molecule has 1 aromatic carbocycles. The van der Waals surface area contributed by atoms with Gasteiger partial charge in [-0.1, -0.05) is 13.8 Å². The number of carbonyl (C=O) groups excluding carboxylic acids is 1. The van der Waals surface area contributed by atoms with E-state index in [-0.39, 0.29) is 24.3 Å². The van der Waals surface area contributed by atoms with E-state index in [9.17, 15) is 9.59 Å². The molecular weight excluding hydrogens is 246 g/mol. The number of H-pyrrole nitrogens is 1. The standard InChI is InChI=1S/C13H17N3O3/c1-7(2)9(14)6-12(17)15-8-3-4-11-10(5-8)16-13(18)19-11/h3-5,7,9H,6,14H2,1-2H3,(H,15,17)(H,16,18). The van der Waals surface area contributed by atoms with Gasteiger partial charge in [-0.2, -0.15) is 0 Å². The van der Waals surface area contributed by atoms with Crippen LogP contribution >= 0.6 is 0 Å². The first kappa shape index (κ1) is 13.4. The van der Waals surface area contributed by atoms with Crippen LogP contribution in [-0.4, -0.2) is 16.9 Å². The Kier molecular flexibility index (Phi) is 3.71. The monoisotopic (exact) mass is 263 g/mol. The van der Waals surface area contributed by atoms with Crippen LogP contribution in [0.5, 0.6) is 0 Å². The van der Waals surface area contributed by atoms with Crippen molar-refractivity contribution >= 4 is 22.7 Å². The minimum Gasteiger partial charge on any atom is -0.408 e. The van der Waals surface area contributed by atoms with Gasteiger partial charge in [0.25, 0.3) is 0 Å². The molecule has 2 rings (SSSR count). The minimum absolute atomic E-state index is 0.147. The molecule has 1 unspecified atom stereocenters. The summed E-state index contributed by atoms with van der Waals surface area (Å²) in [6.45, 7) is 3.94. The zero-order valence-electron chi connectivity index (χ0n) is 10.9. The molecule has 4 N–H and O–H groups in total. The van der Waals surface area contributed by atoms with E-state index in [2.05, 4.69) is 10.3 Å². The normalized spacial score (nSPS) is 12.8. The second-order valence-corrected chi connectivity index (χ2v) is 4.89. The van der Waals surface area contributed by atoms with Crippen molar-refractivity contribution in [3.05, 3.63) is 28.7 Å². The van der Waals surface area contributed by atoms with Gasteiger partial charge >= 0.3 is 5.76 Å². The molecular formula is C13H17N3O3. The second kappa shape index (κ2) is 5.27. The maximum atomic E-state index is 11.8. The molecule has 6 nitrogen and oxygen atoms in total. The smallest absolute Gasteiger partial charge is 0.408 e. The summed E-state index contributed by atoms with van der Waals surface area (Å²) in [5.74, 6) is -0.412. The van der Waals surface area contributed by atoms with E-state index in [1.807, 2.05) is 13.8 Å². The van der Waals surface area contributed by atoms with Crippen molar-refractivity contribution in [2.45, 2.75) is 26.3 Å². The molecule has 0 spiro atoms. The third kappa shape index (κ3) is 3.23. The van der Waals surface area contributed by atoms with Crippen LogP contribution in [0.2, 0.25) is 0 Å². The summed E-state index contributed by atoms with van der Waals surface area (Å²) < 4.78 is 4.88. The summed E-state index contributed by atoms with van der Waals surface area (Å²) in [6.07, 6.45) is 0.262. The molecule has 0 saturated carbocycles. The molecule has 0 radical (unpaired) electrons. The summed E-state index contributed by atoms with van der Waals surface area (Å²) in [5.41, 5.74) is 7.46. The van der Waals surface area contributed by atoms with E-state index in [4.69, 9.17) is 10.2 Å². The Hall–Kier alpha value is -2.08. The zero-order valence-corrected chi connectivity index (χ0v) is 10.9.